The Morgan fingerprint density at radius 3 is 2.61 bits per heavy atom. The fourth-order valence-electron chi connectivity index (χ4n) is 3.15. The molecule has 3 rings (SSSR count). The van der Waals surface area contributed by atoms with Crippen LogP contribution in [-0.4, -0.2) is 61.5 Å². The summed E-state index contributed by atoms with van der Waals surface area (Å²) in [4.78, 5) is 7.04. The van der Waals surface area contributed by atoms with Gasteiger partial charge in [0.25, 0.3) is 0 Å². The number of pyridine rings is 1. The zero-order valence-corrected chi connectivity index (χ0v) is 17.9. The first-order chi connectivity index (χ1) is 13.4. The van der Waals surface area contributed by atoms with Gasteiger partial charge in [-0.15, -0.1) is 0 Å². The summed E-state index contributed by atoms with van der Waals surface area (Å²) < 4.78 is 17.4. The molecule has 0 saturated carbocycles. The molecule has 0 radical (unpaired) electrons. The van der Waals surface area contributed by atoms with E-state index in [0.717, 1.165) is 49.8 Å². The Balaban J connectivity index is 1.83. The molecule has 1 aromatic heterocycles. The zero-order valence-electron chi connectivity index (χ0n) is 17.1. The number of aromatic nitrogens is 1. The smallest absolute Gasteiger partial charge is 0.140 e. The normalized spacial score (nSPS) is 15.4. The van der Waals surface area contributed by atoms with E-state index in [1.54, 1.807) is 0 Å². The first-order valence-corrected chi connectivity index (χ1v) is 10.3. The predicted molar refractivity (Wildman–Crippen MR) is 114 cm³/mol. The molecule has 1 saturated heterocycles. The van der Waals surface area contributed by atoms with Gasteiger partial charge in [0.2, 0.25) is 0 Å². The van der Waals surface area contributed by atoms with Crippen LogP contribution < -0.4 is 14.8 Å². The van der Waals surface area contributed by atoms with Crippen LogP contribution in [0.1, 0.15) is 27.7 Å². The van der Waals surface area contributed by atoms with Gasteiger partial charge in [0.15, 0.2) is 0 Å². The standard InChI is InChI=1S/C21H30ClN3O3/c1-14(2)23-19-13-18(28-15(3)4)16-5-6-17(20(22)21(16)24-19)27-12-9-25-7-10-26-11-8-25/h5-6,13-15H,7-12H2,1-4H3,(H,23,24). The highest BCUT2D eigenvalue weighted by atomic mass is 35.5. The average molecular weight is 408 g/mol. The van der Waals surface area contributed by atoms with Gasteiger partial charge in [-0.2, -0.15) is 0 Å². The van der Waals surface area contributed by atoms with E-state index in [0.29, 0.717) is 22.9 Å². The van der Waals surface area contributed by atoms with Crippen LogP contribution in [0.15, 0.2) is 18.2 Å². The quantitative estimate of drug-likeness (QED) is 0.707. The predicted octanol–water partition coefficient (Wildman–Crippen LogP) is 4.21. The summed E-state index contributed by atoms with van der Waals surface area (Å²) in [7, 11) is 0. The lowest BCUT2D eigenvalue weighted by Crippen LogP contribution is -2.38. The molecule has 0 atom stereocenters. The third-order valence-electron chi connectivity index (χ3n) is 4.41. The minimum Gasteiger partial charge on any atom is -0.491 e. The van der Waals surface area contributed by atoms with Gasteiger partial charge in [-0.25, -0.2) is 4.98 Å². The van der Waals surface area contributed by atoms with Crippen molar-refractivity contribution in [3.8, 4) is 11.5 Å². The van der Waals surface area contributed by atoms with Crippen molar-refractivity contribution in [3.63, 3.8) is 0 Å². The summed E-state index contributed by atoms with van der Waals surface area (Å²) in [5.74, 6) is 2.16. The Labute approximate surface area is 172 Å². The highest BCUT2D eigenvalue weighted by Gasteiger charge is 2.16. The van der Waals surface area contributed by atoms with Crippen molar-refractivity contribution in [3.05, 3.63) is 23.2 Å². The second-order valence-corrected chi connectivity index (χ2v) is 7.93. The number of fused-ring (bicyclic) bond motifs is 1. The minimum atomic E-state index is 0.0562. The molecule has 0 amide bonds. The maximum absolute atomic E-state index is 6.68. The molecule has 28 heavy (non-hydrogen) atoms. The van der Waals surface area contributed by atoms with Crippen LogP contribution in [0.5, 0.6) is 11.5 Å². The molecule has 1 aliphatic rings. The summed E-state index contributed by atoms with van der Waals surface area (Å²) in [6.07, 6.45) is 0.0562. The number of benzene rings is 1. The maximum Gasteiger partial charge on any atom is 0.140 e. The van der Waals surface area contributed by atoms with Gasteiger partial charge in [0.05, 0.1) is 24.8 Å². The van der Waals surface area contributed by atoms with Crippen LogP contribution in [0.3, 0.4) is 0 Å². The molecule has 2 aromatic rings. The first kappa shape index (κ1) is 21.0. The summed E-state index contributed by atoms with van der Waals surface area (Å²) in [6, 6.07) is 6.05. The largest absolute Gasteiger partial charge is 0.491 e. The Kier molecular flexibility index (Phi) is 7.21. The second-order valence-electron chi connectivity index (χ2n) is 7.55. The lowest BCUT2D eigenvalue weighted by molar-refractivity contribution is 0.0322. The van der Waals surface area contributed by atoms with Gasteiger partial charge in [0.1, 0.15) is 28.9 Å². The van der Waals surface area contributed by atoms with Gasteiger partial charge in [-0.3, -0.25) is 4.90 Å². The topological polar surface area (TPSA) is 55.8 Å². The zero-order chi connectivity index (χ0) is 20.1. The lowest BCUT2D eigenvalue weighted by atomic mass is 10.2. The second kappa shape index (κ2) is 9.63. The molecule has 7 heteroatoms. The molecule has 154 valence electrons. The molecule has 0 aliphatic carbocycles. The summed E-state index contributed by atoms with van der Waals surface area (Å²) in [5, 5.41) is 4.73. The highest BCUT2D eigenvalue weighted by molar-refractivity contribution is 6.36. The molecule has 1 aromatic carbocycles. The van der Waals surface area contributed by atoms with E-state index in [-0.39, 0.29) is 12.1 Å². The fourth-order valence-corrected chi connectivity index (χ4v) is 3.41. The number of rotatable bonds is 8. The van der Waals surface area contributed by atoms with Crippen LogP contribution in [0.4, 0.5) is 5.82 Å². The maximum atomic E-state index is 6.68. The van der Waals surface area contributed by atoms with Crippen LogP contribution in [0, 0.1) is 0 Å². The van der Waals surface area contributed by atoms with E-state index < -0.39 is 0 Å². The van der Waals surface area contributed by atoms with Crippen molar-refractivity contribution >= 4 is 28.3 Å². The van der Waals surface area contributed by atoms with Gasteiger partial charge in [-0.05, 0) is 39.8 Å². The Morgan fingerprint density at radius 1 is 1.18 bits per heavy atom. The van der Waals surface area contributed by atoms with E-state index in [2.05, 4.69) is 24.1 Å². The summed E-state index contributed by atoms with van der Waals surface area (Å²) >= 11 is 6.68. The number of nitrogens with one attached hydrogen (secondary N) is 1. The van der Waals surface area contributed by atoms with Crippen molar-refractivity contribution < 1.29 is 14.2 Å². The van der Waals surface area contributed by atoms with E-state index >= 15 is 0 Å². The van der Waals surface area contributed by atoms with Crippen molar-refractivity contribution in [1.29, 1.82) is 0 Å². The summed E-state index contributed by atoms with van der Waals surface area (Å²) in [5.41, 5.74) is 0.687. The van der Waals surface area contributed by atoms with Crippen molar-refractivity contribution in [2.75, 3.05) is 44.8 Å². The Morgan fingerprint density at radius 2 is 1.93 bits per heavy atom. The SMILES string of the molecule is CC(C)Nc1cc(OC(C)C)c2ccc(OCCN3CCOCC3)c(Cl)c2n1. The Bertz CT molecular complexity index is 792. The number of hydrogen-bond acceptors (Lipinski definition) is 6. The molecule has 0 bridgehead atoms. The Hall–Kier alpha value is -1.76. The number of halogens is 1. The monoisotopic (exact) mass is 407 g/mol. The number of anilines is 1. The molecule has 0 spiro atoms. The van der Waals surface area contributed by atoms with E-state index in [9.17, 15) is 0 Å². The van der Waals surface area contributed by atoms with Gasteiger partial charge in [0, 0.05) is 37.1 Å². The molecular formula is C21H30ClN3O3. The van der Waals surface area contributed by atoms with Crippen molar-refractivity contribution in [2.24, 2.45) is 0 Å². The van der Waals surface area contributed by atoms with Crippen molar-refractivity contribution in [2.45, 2.75) is 39.8 Å². The van der Waals surface area contributed by atoms with Crippen LogP contribution in [0.2, 0.25) is 5.02 Å². The molecular weight excluding hydrogens is 378 g/mol. The van der Waals surface area contributed by atoms with E-state index in [1.165, 1.54) is 0 Å². The molecule has 1 N–H and O–H groups in total. The fraction of sp³-hybridized carbons (Fsp3) is 0.571. The van der Waals surface area contributed by atoms with Gasteiger partial charge < -0.3 is 19.5 Å². The molecule has 1 fully saturated rings. The van der Waals surface area contributed by atoms with E-state index in [4.69, 9.17) is 30.8 Å². The average Bonchev–Trinajstić information content (AvgIpc) is 2.64. The first-order valence-electron chi connectivity index (χ1n) is 9.93. The van der Waals surface area contributed by atoms with Gasteiger partial charge >= 0.3 is 0 Å². The minimum absolute atomic E-state index is 0.0562. The number of ether oxygens (including phenoxy) is 3. The number of nitrogens with zero attached hydrogens (tertiary/aromatic N) is 2. The highest BCUT2D eigenvalue weighted by Crippen LogP contribution is 2.37. The van der Waals surface area contributed by atoms with Crippen molar-refractivity contribution in [1.82, 2.24) is 9.88 Å². The molecule has 1 aliphatic heterocycles. The molecule has 2 heterocycles. The van der Waals surface area contributed by atoms with Crippen LogP contribution in [-0.2, 0) is 4.74 Å². The van der Waals surface area contributed by atoms with Crippen LogP contribution in [0.25, 0.3) is 10.9 Å². The summed E-state index contributed by atoms with van der Waals surface area (Å²) in [6.45, 7) is 13.0. The third-order valence-corrected chi connectivity index (χ3v) is 4.78. The van der Waals surface area contributed by atoms with E-state index in [1.807, 2.05) is 32.0 Å². The molecule has 0 unspecified atom stereocenters. The number of morpholine rings is 1. The van der Waals surface area contributed by atoms with Crippen LogP contribution >= 0.6 is 11.6 Å². The number of hydrogen-bond donors (Lipinski definition) is 1. The lowest BCUT2D eigenvalue weighted by Gasteiger charge is -2.26. The molecule has 6 nitrogen and oxygen atoms in total. The van der Waals surface area contributed by atoms with Gasteiger partial charge in [-0.1, -0.05) is 11.6 Å². The third kappa shape index (κ3) is 5.40.